The number of anilines is 1. The zero-order valence-electron chi connectivity index (χ0n) is 22.3. The molecule has 40 heavy (non-hydrogen) atoms. The number of hydrogen-bond acceptors (Lipinski definition) is 11. The van der Waals surface area contributed by atoms with Gasteiger partial charge in [0.25, 0.3) is 5.89 Å². The maximum Gasteiger partial charge on any atom is 0.434 e. The molecule has 4 aromatic heterocycles. The number of nitrogens with one attached hydrogen (secondary N) is 4. The number of rotatable bonds is 10. The first-order valence-electron chi connectivity index (χ1n) is 13.0. The third-order valence-electron chi connectivity index (χ3n) is 6.33. The van der Waals surface area contributed by atoms with Gasteiger partial charge in [0.2, 0.25) is 0 Å². The lowest BCUT2D eigenvalue weighted by atomic mass is 10.0. The molecule has 4 N–H and O–H groups in total. The standard InChI is InChI=1S/C26H31N9O4S/c1-3-29-25(36)32-22-11-19(20(14-30-22)17-10-18(13-28-12-17)23-33-34-26(37)39-23)24-31-16(2)21(40-24)15-27-4-5-35-6-8-38-9-7-35/h10-14,27H,3-9,15H2,1-2H3,(H,34,37)(H2,29,30,32,36). The van der Waals surface area contributed by atoms with Crippen LogP contribution in [0.3, 0.4) is 0 Å². The van der Waals surface area contributed by atoms with Gasteiger partial charge < -0.3 is 19.8 Å². The zero-order valence-corrected chi connectivity index (χ0v) is 23.1. The molecule has 0 unspecified atom stereocenters. The summed E-state index contributed by atoms with van der Waals surface area (Å²) in [6, 6.07) is 3.28. The normalized spacial score (nSPS) is 13.8. The van der Waals surface area contributed by atoms with Crippen LogP contribution in [0.15, 0.2) is 39.9 Å². The average Bonchev–Trinajstić information content (AvgIpc) is 3.57. The van der Waals surface area contributed by atoms with E-state index in [0.717, 1.165) is 71.7 Å². The van der Waals surface area contributed by atoms with Gasteiger partial charge >= 0.3 is 11.8 Å². The second-order valence-corrected chi connectivity index (χ2v) is 10.2. The lowest BCUT2D eigenvalue weighted by Crippen LogP contribution is -2.40. The van der Waals surface area contributed by atoms with Gasteiger partial charge in [-0.2, -0.15) is 0 Å². The van der Waals surface area contributed by atoms with Crippen LogP contribution in [0, 0.1) is 6.92 Å². The van der Waals surface area contributed by atoms with Crippen LogP contribution in [0.5, 0.6) is 0 Å². The number of thiazole rings is 1. The van der Waals surface area contributed by atoms with Crippen LogP contribution in [0.2, 0.25) is 0 Å². The zero-order chi connectivity index (χ0) is 27.9. The summed E-state index contributed by atoms with van der Waals surface area (Å²) < 4.78 is 10.5. The van der Waals surface area contributed by atoms with Gasteiger partial charge in [0, 0.05) is 79.4 Å². The fourth-order valence-electron chi connectivity index (χ4n) is 4.28. The van der Waals surface area contributed by atoms with Gasteiger partial charge in [-0.15, -0.1) is 16.4 Å². The van der Waals surface area contributed by atoms with Crippen molar-refractivity contribution in [1.29, 1.82) is 0 Å². The van der Waals surface area contributed by atoms with Crippen molar-refractivity contribution in [3.63, 3.8) is 0 Å². The summed E-state index contributed by atoms with van der Waals surface area (Å²) in [7, 11) is 0. The molecule has 0 bridgehead atoms. The maximum absolute atomic E-state index is 12.2. The Morgan fingerprint density at radius 3 is 2.75 bits per heavy atom. The molecular weight excluding hydrogens is 534 g/mol. The van der Waals surface area contributed by atoms with Crippen molar-refractivity contribution in [3.05, 3.63) is 51.8 Å². The molecule has 0 aromatic carbocycles. The van der Waals surface area contributed by atoms with Crippen LogP contribution < -0.4 is 21.7 Å². The van der Waals surface area contributed by atoms with Crippen molar-refractivity contribution in [2.45, 2.75) is 20.4 Å². The molecule has 1 aliphatic rings. The molecule has 1 fully saturated rings. The second-order valence-electron chi connectivity index (χ2n) is 9.14. The van der Waals surface area contributed by atoms with E-state index in [2.05, 4.69) is 41.0 Å². The minimum Gasteiger partial charge on any atom is -0.388 e. The number of urea groups is 1. The number of H-pyrrole nitrogens is 1. The van der Waals surface area contributed by atoms with Gasteiger partial charge in [-0.1, -0.05) is 0 Å². The third kappa shape index (κ3) is 6.77. The van der Waals surface area contributed by atoms with E-state index in [0.29, 0.717) is 24.5 Å². The van der Waals surface area contributed by atoms with E-state index in [1.165, 1.54) is 0 Å². The number of aromatic amines is 1. The molecule has 0 atom stereocenters. The van der Waals surface area contributed by atoms with Gasteiger partial charge in [-0.05, 0) is 26.0 Å². The molecule has 0 aliphatic carbocycles. The average molecular weight is 566 g/mol. The summed E-state index contributed by atoms with van der Waals surface area (Å²) >= 11 is 1.59. The van der Waals surface area contributed by atoms with Crippen molar-refractivity contribution in [3.8, 4) is 33.2 Å². The highest BCUT2D eigenvalue weighted by Crippen LogP contribution is 2.37. The second kappa shape index (κ2) is 12.9. The number of ether oxygens (including phenoxy) is 1. The molecule has 13 nitrogen and oxygen atoms in total. The summed E-state index contributed by atoms with van der Waals surface area (Å²) in [6.45, 7) is 10.4. The number of carbonyl (C=O) groups excluding carboxylic acids is 1. The predicted molar refractivity (Wildman–Crippen MR) is 151 cm³/mol. The van der Waals surface area contributed by atoms with Crippen LogP contribution in [0.4, 0.5) is 10.6 Å². The van der Waals surface area contributed by atoms with Crippen LogP contribution in [0.1, 0.15) is 17.5 Å². The Morgan fingerprint density at radius 1 is 1.15 bits per heavy atom. The molecule has 5 heterocycles. The fourth-order valence-corrected chi connectivity index (χ4v) is 5.34. The molecule has 0 spiro atoms. The van der Waals surface area contributed by atoms with E-state index in [1.807, 2.05) is 19.9 Å². The number of pyridine rings is 2. The monoisotopic (exact) mass is 565 g/mol. The number of amides is 2. The van der Waals surface area contributed by atoms with E-state index in [-0.39, 0.29) is 11.9 Å². The van der Waals surface area contributed by atoms with Gasteiger partial charge in [0.1, 0.15) is 10.8 Å². The fraction of sp³-hybridized carbons (Fsp3) is 0.385. The highest BCUT2D eigenvalue weighted by atomic mass is 32.1. The third-order valence-corrected chi connectivity index (χ3v) is 7.53. The predicted octanol–water partition coefficient (Wildman–Crippen LogP) is 2.48. The molecule has 5 rings (SSSR count). The van der Waals surface area contributed by atoms with Crippen LogP contribution in [-0.4, -0.2) is 82.0 Å². The molecule has 0 radical (unpaired) electrons. The van der Waals surface area contributed by atoms with E-state index in [9.17, 15) is 9.59 Å². The Morgan fingerprint density at radius 2 is 1.98 bits per heavy atom. The van der Waals surface area contributed by atoms with Crippen LogP contribution >= 0.6 is 11.3 Å². The van der Waals surface area contributed by atoms with E-state index < -0.39 is 5.76 Å². The first kappa shape index (κ1) is 27.6. The van der Waals surface area contributed by atoms with Crippen LogP contribution in [0.25, 0.3) is 33.2 Å². The Hall–Kier alpha value is -3.98. The van der Waals surface area contributed by atoms with E-state index in [4.69, 9.17) is 14.1 Å². The maximum atomic E-state index is 12.2. The SMILES string of the molecule is CCNC(=O)Nc1cc(-c2nc(C)c(CNCCN3CCOCC3)s2)c(-c2cncc(-c3n[nH]c(=O)o3)c2)cn1. The lowest BCUT2D eigenvalue weighted by molar-refractivity contribution is 0.0384. The van der Waals surface area contributed by atoms with Crippen molar-refractivity contribution < 1.29 is 13.9 Å². The van der Waals surface area contributed by atoms with Crippen molar-refractivity contribution in [2.75, 3.05) is 51.3 Å². The van der Waals surface area contributed by atoms with E-state index >= 15 is 0 Å². The molecule has 210 valence electrons. The first-order valence-corrected chi connectivity index (χ1v) is 13.9. The highest BCUT2D eigenvalue weighted by molar-refractivity contribution is 7.15. The number of aromatic nitrogens is 5. The van der Waals surface area contributed by atoms with Gasteiger partial charge in [-0.3, -0.25) is 15.2 Å². The minimum absolute atomic E-state index is 0.138. The van der Waals surface area contributed by atoms with Crippen molar-refractivity contribution >= 4 is 23.2 Å². The molecule has 0 saturated carbocycles. The summed E-state index contributed by atoms with van der Waals surface area (Å²) in [5, 5.41) is 16.0. The molecule has 1 aliphatic heterocycles. The number of carbonyl (C=O) groups is 1. The molecule has 4 aromatic rings. The Balaban J connectivity index is 1.42. The quantitative estimate of drug-likeness (QED) is 0.210. The topological polar surface area (TPSA) is 163 Å². The van der Waals surface area contributed by atoms with Gasteiger partial charge in [0.05, 0.1) is 24.5 Å². The summed E-state index contributed by atoms with van der Waals surface area (Å²) in [5.74, 6) is -0.114. The number of morpholine rings is 1. The molecule has 1 saturated heterocycles. The molecule has 2 amide bonds. The first-order chi connectivity index (χ1) is 19.5. The highest BCUT2D eigenvalue weighted by Gasteiger charge is 2.18. The minimum atomic E-state index is -0.645. The Kier molecular flexibility index (Phi) is 8.91. The molecule has 14 heteroatoms. The largest absolute Gasteiger partial charge is 0.434 e. The van der Waals surface area contributed by atoms with Crippen molar-refractivity contribution in [2.24, 2.45) is 0 Å². The summed E-state index contributed by atoms with van der Waals surface area (Å²) in [5.41, 5.74) is 3.75. The lowest BCUT2D eigenvalue weighted by Gasteiger charge is -2.26. The van der Waals surface area contributed by atoms with Crippen molar-refractivity contribution in [1.82, 2.24) is 40.7 Å². The Labute approximate surface area is 234 Å². The van der Waals surface area contributed by atoms with Crippen LogP contribution in [-0.2, 0) is 11.3 Å². The number of hydrogen-bond donors (Lipinski definition) is 4. The summed E-state index contributed by atoms with van der Waals surface area (Å²) in [4.78, 5) is 40.8. The number of nitrogens with zero attached hydrogens (tertiary/aromatic N) is 5. The Bertz CT molecular complexity index is 1510. The number of aryl methyl sites for hydroxylation is 1. The summed E-state index contributed by atoms with van der Waals surface area (Å²) in [6.07, 6.45) is 4.94. The smallest absolute Gasteiger partial charge is 0.388 e. The van der Waals surface area contributed by atoms with Gasteiger partial charge in [-0.25, -0.2) is 24.7 Å². The molecular formula is C26H31N9O4S. The van der Waals surface area contributed by atoms with E-state index in [1.54, 1.807) is 36.0 Å². The van der Waals surface area contributed by atoms with Gasteiger partial charge in [0.15, 0.2) is 0 Å².